The van der Waals surface area contributed by atoms with E-state index in [2.05, 4.69) is 35.9 Å². The Morgan fingerprint density at radius 2 is 2.00 bits per heavy atom. The molecule has 0 spiro atoms. The van der Waals surface area contributed by atoms with Gasteiger partial charge in [-0.3, -0.25) is 19.9 Å². The molecule has 0 fully saturated rings. The molecule has 11 nitrogen and oxygen atoms in total. The summed E-state index contributed by atoms with van der Waals surface area (Å²) < 4.78 is 3.27. The van der Waals surface area contributed by atoms with E-state index in [4.69, 9.17) is 5.10 Å². The Kier molecular flexibility index (Phi) is 4.51. The van der Waals surface area contributed by atoms with Crippen molar-refractivity contribution in [3.8, 4) is 5.82 Å². The van der Waals surface area contributed by atoms with Crippen LogP contribution in [0.15, 0.2) is 73.3 Å². The third-order valence-corrected chi connectivity index (χ3v) is 5.34. The second-order valence-corrected chi connectivity index (χ2v) is 7.67. The zero-order valence-electron chi connectivity index (χ0n) is 18.0. The number of aromatic amines is 1. The number of nitrogens with one attached hydrogen (secondary N) is 3. The molecule has 6 aromatic rings. The minimum atomic E-state index is -0.340. The first kappa shape index (κ1) is 19.6. The van der Waals surface area contributed by atoms with E-state index < -0.39 is 0 Å². The Hall–Kier alpha value is -5.06. The van der Waals surface area contributed by atoms with Crippen molar-refractivity contribution in [1.29, 1.82) is 0 Å². The van der Waals surface area contributed by atoms with Gasteiger partial charge in [0.2, 0.25) is 5.95 Å². The van der Waals surface area contributed by atoms with Gasteiger partial charge >= 0.3 is 0 Å². The second-order valence-electron chi connectivity index (χ2n) is 7.67. The highest BCUT2D eigenvalue weighted by Gasteiger charge is 2.15. The first-order chi connectivity index (χ1) is 16.6. The number of amides is 1. The fourth-order valence-corrected chi connectivity index (χ4v) is 3.73. The topological polar surface area (TPSA) is 131 Å². The number of aryl methyl sites for hydroxylation is 1. The molecule has 0 unspecified atom stereocenters. The van der Waals surface area contributed by atoms with Crippen molar-refractivity contribution >= 4 is 45.2 Å². The van der Waals surface area contributed by atoms with Crippen LogP contribution in [0.1, 0.15) is 10.4 Å². The summed E-state index contributed by atoms with van der Waals surface area (Å²) in [5, 5.41) is 23.8. The number of nitrogens with zero attached hydrogens (tertiary/aromatic N) is 7. The average Bonchev–Trinajstić information content (AvgIpc) is 3.58. The zero-order chi connectivity index (χ0) is 23.1. The first-order valence-corrected chi connectivity index (χ1v) is 10.5. The lowest BCUT2D eigenvalue weighted by Crippen LogP contribution is -2.14. The van der Waals surface area contributed by atoms with Crippen LogP contribution in [-0.4, -0.2) is 45.6 Å². The summed E-state index contributed by atoms with van der Waals surface area (Å²) in [6.45, 7) is 0. The molecule has 0 saturated carbocycles. The molecule has 0 aliphatic rings. The number of hydrogen-bond donors (Lipinski definition) is 3. The van der Waals surface area contributed by atoms with Crippen LogP contribution in [-0.2, 0) is 7.05 Å². The largest absolute Gasteiger partial charge is 0.338 e. The van der Waals surface area contributed by atoms with E-state index in [1.165, 1.54) is 6.20 Å². The molecule has 3 N–H and O–H groups in total. The third-order valence-electron chi connectivity index (χ3n) is 5.34. The zero-order valence-corrected chi connectivity index (χ0v) is 18.0. The summed E-state index contributed by atoms with van der Waals surface area (Å²) in [7, 11) is 1.75. The molecule has 4 heterocycles. The molecule has 0 aliphatic carbocycles. The van der Waals surface area contributed by atoms with E-state index in [1.54, 1.807) is 41.1 Å². The number of aromatic nitrogens is 8. The number of para-hydroxylation sites is 1. The molecule has 0 saturated heterocycles. The molecular weight excluding hydrogens is 432 g/mol. The van der Waals surface area contributed by atoms with Crippen molar-refractivity contribution in [2.24, 2.45) is 7.05 Å². The van der Waals surface area contributed by atoms with Crippen LogP contribution in [0.2, 0.25) is 0 Å². The highest BCUT2D eigenvalue weighted by Crippen LogP contribution is 2.28. The standard InChI is InChI=1S/C23H18N10O/c1-32-13-15(12-26-32)22(34)29-23-24-9-8-20(28-23)33-19-5-3-2-4-17(19)21(31-33)27-16-6-7-18-14(10-16)11-25-30-18/h2-13H,1H3,(H,25,30)(H,27,31)(H,24,28,29,34). The van der Waals surface area contributed by atoms with Gasteiger partial charge in [-0.15, -0.1) is 5.10 Å². The summed E-state index contributed by atoms with van der Waals surface area (Å²) in [5.41, 5.74) is 3.12. The number of rotatable bonds is 5. The lowest BCUT2D eigenvalue weighted by atomic mass is 10.2. The Bertz CT molecular complexity index is 1660. The van der Waals surface area contributed by atoms with Gasteiger partial charge in [0, 0.05) is 42.0 Å². The van der Waals surface area contributed by atoms with Gasteiger partial charge < -0.3 is 5.32 Å². The van der Waals surface area contributed by atoms with Gasteiger partial charge in [0.05, 0.1) is 29.0 Å². The minimum absolute atomic E-state index is 0.172. The number of carbonyl (C=O) groups is 1. The number of anilines is 3. The second kappa shape index (κ2) is 7.81. The summed E-state index contributed by atoms with van der Waals surface area (Å²) in [4.78, 5) is 21.2. The molecule has 4 aromatic heterocycles. The van der Waals surface area contributed by atoms with E-state index in [0.717, 1.165) is 27.5 Å². The summed E-state index contributed by atoms with van der Waals surface area (Å²) >= 11 is 0. The van der Waals surface area contributed by atoms with Crippen LogP contribution >= 0.6 is 0 Å². The Labute approximate surface area is 192 Å². The van der Waals surface area contributed by atoms with Gasteiger partial charge in [-0.25, -0.2) is 9.67 Å². The van der Waals surface area contributed by atoms with E-state index in [0.29, 0.717) is 17.2 Å². The molecule has 0 radical (unpaired) electrons. The van der Waals surface area contributed by atoms with Crippen molar-refractivity contribution in [2.75, 3.05) is 10.6 Å². The summed E-state index contributed by atoms with van der Waals surface area (Å²) in [6.07, 6.45) is 6.47. The Morgan fingerprint density at radius 3 is 2.88 bits per heavy atom. The molecule has 166 valence electrons. The smallest absolute Gasteiger partial charge is 0.261 e. The van der Waals surface area contributed by atoms with Crippen LogP contribution in [0, 0.1) is 0 Å². The van der Waals surface area contributed by atoms with Crippen molar-refractivity contribution in [3.05, 3.63) is 78.9 Å². The number of hydrogen-bond acceptors (Lipinski definition) is 7. The lowest BCUT2D eigenvalue weighted by Gasteiger charge is -2.06. The minimum Gasteiger partial charge on any atom is -0.338 e. The van der Waals surface area contributed by atoms with Gasteiger partial charge in [0.25, 0.3) is 5.91 Å². The van der Waals surface area contributed by atoms with Crippen LogP contribution in [0.5, 0.6) is 0 Å². The average molecular weight is 450 g/mol. The van der Waals surface area contributed by atoms with Crippen LogP contribution in [0.25, 0.3) is 27.6 Å². The van der Waals surface area contributed by atoms with E-state index >= 15 is 0 Å². The molecule has 0 aliphatic heterocycles. The summed E-state index contributed by atoms with van der Waals surface area (Å²) in [6, 6.07) is 15.5. The number of carbonyl (C=O) groups excluding carboxylic acids is 1. The molecule has 2 aromatic carbocycles. The fourth-order valence-electron chi connectivity index (χ4n) is 3.73. The fraction of sp³-hybridized carbons (Fsp3) is 0.0435. The van der Waals surface area contributed by atoms with Crippen molar-refractivity contribution < 1.29 is 4.79 Å². The lowest BCUT2D eigenvalue weighted by molar-refractivity contribution is 0.102. The van der Waals surface area contributed by atoms with E-state index in [9.17, 15) is 4.79 Å². The van der Waals surface area contributed by atoms with Gasteiger partial charge in [-0.05, 0) is 30.3 Å². The Morgan fingerprint density at radius 1 is 1.09 bits per heavy atom. The number of H-pyrrole nitrogens is 1. The number of fused-ring (bicyclic) bond motifs is 2. The molecule has 6 rings (SSSR count). The van der Waals surface area contributed by atoms with Crippen LogP contribution in [0.4, 0.5) is 17.5 Å². The van der Waals surface area contributed by atoms with E-state index in [1.807, 2.05) is 42.5 Å². The third kappa shape index (κ3) is 3.50. The molecule has 34 heavy (non-hydrogen) atoms. The molecule has 0 bridgehead atoms. The number of benzene rings is 2. The molecule has 1 amide bonds. The predicted octanol–water partition coefficient (Wildman–Crippen LogP) is 3.42. The van der Waals surface area contributed by atoms with E-state index in [-0.39, 0.29) is 11.9 Å². The molecule has 11 heteroatoms. The quantitative estimate of drug-likeness (QED) is 0.367. The van der Waals surface area contributed by atoms with Gasteiger partial charge in [-0.1, -0.05) is 12.1 Å². The van der Waals surface area contributed by atoms with Crippen molar-refractivity contribution in [3.63, 3.8) is 0 Å². The van der Waals surface area contributed by atoms with Crippen LogP contribution < -0.4 is 10.6 Å². The maximum Gasteiger partial charge on any atom is 0.261 e. The normalized spacial score (nSPS) is 11.2. The SMILES string of the molecule is Cn1cc(C(=O)Nc2nccc(-n3nc(Nc4ccc5[nH]ncc5c4)c4ccccc43)n2)cn1. The predicted molar refractivity (Wildman–Crippen MR) is 127 cm³/mol. The van der Waals surface area contributed by atoms with Crippen molar-refractivity contribution in [1.82, 2.24) is 39.7 Å². The first-order valence-electron chi connectivity index (χ1n) is 10.5. The molecular formula is C23H18N10O. The Balaban J connectivity index is 1.35. The summed E-state index contributed by atoms with van der Waals surface area (Å²) in [5.74, 6) is 1.03. The van der Waals surface area contributed by atoms with Crippen molar-refractivity contribution in [2.45, 2.75) is 0 Å². The molecule has 0 atom stereocenters. The van der Waals surface area contributed by atoms with Gasteiger partial charge in [0.1, 0.15) is 0 Å². The highest BCUT2D eigenvalue weighted by molar-refractivity contribution is 6.03. The highest BCUT2D eigenvalue weighted by atomic mass is 16.1. The van der Waals surface area contributed by atoms with Gasteiger partial charge in [0.15, 0.2) is 11.6 Å². The van der Waals surface area contributed by atoms with Gasteiger partial charge in [-0.2, -0.15) is 15.2 Å². The maximum absolute atomic E-state index is 12.5. The monoisotopic (exact) mass is 450 g/mol. The maximum atomic E-state index is 12.5. The van der Waals surface area contributed by atoms with Crippen LogP contribution in [0.3, 0.4) is 0 Å².